The van der Waals surface area contributed by atoms with Crippen LogP contribution in [-0.2, 0) is 4.79 Å². The molecule has 0 unspecified atom stereocenters. The molecule has 0 aromatic heterocycles. The summed E-state index contributed by atoms with van der Waals surface area (Å²) in [5, 5.41) is 17.0. The first-order chi connectivity index (χ1) is 14.5. The van der Waals surface area contributed by atoms with Gasteiger partial charge in [-0.3, -0.25) is 9.59 Å². The molecule has 2 amide bonds. The van der Waals surface area contributed by atoms with Gasteiger partial charge in [0.15, 0.2) is 0 Å². The molecule has 3 N–H and O–H groups in total. The number of carbonyl (C=O) groups is 2. The molecule has 3 aromatic rings. The molecule has 0 radical (unpaired) electrons. The molecule has 6 nitrogen and oxygen atoms in total. The number of phenols is 1. The van der Waals surface area contributed by atoms with Gasteiger partial charge in [0.05, 0.1) is 6.21 Å². The third-order valence-corrected chi connectivity index (χ3v) is 4.38. The Hall–Kier alpha value is -3.90. The highest BCUT2D eigenvalue weighted by atomic mass is 35.5. The van der Waals surface area contributed by atoms with Crippen LogP contribution in [0.25, 0.3) is 6.08 Å². The molecular formula is C23H18ClN3O3. The van der Waals surface area contributed by atoms with E-state index in [4.69, 9.17) is 11.6 Å². The van der Waals surface area contributed by atoms with E-state index in [1.165, 1.54) is 18.4 Å². The van der Waals surface area contributed by atoms with Gasteiger partial charge in [0.1, 0.15) is 11.4 Å². The largest absolute Gasteiger partial charge is 0.507 e. The number of phenolic OH excluding ortho intramolecular Hbond substituents is 1. The second-order valence-electron chi connectivity index (χ2n) is 6.16. The van der Waals surface area contributed by atoms with Gasteiger partial charge < -0.3 is 10.4 Å². The SMILES string of the molecule is O=C(N/N=C/c1ccccc1Cl)/C(=C/c1ccccc1O)NC(=O)c1ccccc1. The van der Waals surface area contributed by atoms with E-state index in [2.05, 4.69) is 15.8 Å². The minimum atomic E-state index is -0.661. The predicted octanol–water partition coefficient (Wildman–Crippen LogP) is 3.97. The number of rotatable bonds is 6. The number of hydrazone groups is 1. The Morgan fingerprint density at radius 2 is 1.50 bits per heavy atom. The van der Waals surface area contributed by atoms with Crippen LogP contribution in [0.1, 0.15) is 21.5 Å². The lowest BCUT2D eigenvalue weighted by Gasteiger charge is -2.10. The van der Waals surface area contributed by atoms with Gasteiger partial charge in [-0.1, -0.05) is 66.2 Å². The summed E-state index contributed by atoms with van der Waals surface area (Å²) in [7, 11) is 0. The van der Waals surface area contributed by atoms with Crippen molar-refractivity contribution in [2.75, 3.05) is 0 Å². The zero-order valence-electron chi connectivity index (χ0n) is 15.7. The van der Waals surface area contributed by atoms with Crippen LogP contribution in [0, 0.1) is 0 Å². The Morgan fingerprint density at radius 1 is 0.867 bits per heavy atom. The van der Waals surface area contributed by atoms with Crippen LogP contribution in [0.4, 0.5) is 0 Å². The summed E-state index contributed by atoms with van der Waals surface area (Å²) in [6, 6.07) is 21.9. The number of aromatic hydroxyl groups is 1. The van der Waals surface area contributed by atoms with Gasteiger partial charge in [-0.15, -0.1) is 0 Å². The van der Waals surface area contributed by atoms with Gasteiger partial charge in [-0.05, 0) is 30.3 Å². The Kier molecular flexibility index (Phi) is 6.97. The number of benzene rings is 3. The summed E-state index contributed by atoms with van der Waals surface area (Å²) in [6.45, 7) is 0. The van der Waals surface area contributed by atoms with Crippen molar-refractivity contribution in [2.24, 2.45) is 5.10 Å². The lowest BCUT2D eigenvalue weighted by molar-refractivity contribution is -0.117. The van der Waals surface area contributed by atoms with Crippen molar-refractivity contribution < 1.29 is 14.7 Å². The smallest absolute Gasteiger partial charge is 0.287 e. The number of hydrogen-bond acceptors (Lipinski definition) is 4. The zero-order chi connectivity index (χ0) is 21.3. The van der Waals surface area contributed by atoms with Crippen LogP contribution < -0.4 is 10.7 Å². The van der Waals surface area contributed by atoms with Crippen LogP contribution in [0.5, 0.6) is 5.75 Å². The molecule has 3 aromatic carbocycles. The maximum absolute atomic E-state index is 12.7. The van der Waals surface area contributed by atoms with E-state index in [1.54, 1.807) is 72.8 Å². The average molecular weight is 420 g/mol. The van der Waals surface area contributed by atoms with Crippen LogP contribution in [0.15, 0.2) is 89.7 Å². The number of nitrogens with one attached hydrogen (secondary N) is 2. The summed E-state index contributed by atoms with van der Waals surface area (Å²) in [5.74, 6) is -1.16. The predicted molar refractivity (Wildman–Crippen MR) is 117 cm³/mol. The van der Waals surface area contributed by atoms with Gasteiger partial charge >= 0.3 is 0 Å². The second-order valence-corrected chi connectivity index (χ2v) is 6.56. The molecule has 0 fully saturated rings. The van der Waals surface area contributed by atoms with Crippen LogP contribution in [0.2, 0.25) is 5.02 Å². The molecule has 0 heterocycles. The molecule has 0 aliphatic rings. The molecule has 0 bridgehead atoms. The van der Waals surface area contributed by atoms with Crippen molar-refractivity contribution in [1.82, 2.24) is 10.7 Å². The summed E-state index contributed by atoms with van der Waals surface area (Å²) < 4.78 is 0. The molecule has 0 spiro atoms. The summed E-state index contributed by atoms with van der Waals surface area (Å²) in [6.07, 6.45) is 2.77. The maximum Gasteiger partial charge on any atom is 0.287 e. The topological polar surface area (TPSA) is 90.8 Å². The normalized spacial score (nSPS) is 11.3. The standard InChI is InChI=1S/C23H18ClN3O3/c24-19-12-6-4-11-18(19)15-25-27-23(30)20(14-17-10-5-7-13-21(17)28)26-22(29)16-8-2-1-3-9-16/h1-15,28H,(H,26,29)(H,27,30)/b20-14-,25-15+. The summed E-state index contributed by atoms with van der Waals surface area (Å²) in [4.78, 5) is 25.2. The van der Waals surface area contributed by atoms with Crippen LogP contribution in [-0.4, -0.2) is 23.1 Å². The van der Waals surface area contributed by atoms with E-state index < -0.39 is 11.8 Å². The minimum Gasteiger partial charge on any atom is -0.507 e. The van der Waals surface area contributed by atoms with Gasteiger partial charge in [0.25, 0.3) is 11.8 Å². The molecule has 0 saturated heterocycles. The minimum absolute atomic E-state index is 0.0312. The highest BCUT2D eigenvalue weighted by Crippen LogP contribution is 2.19. The van der Waals surface area contributed by atoms with Crippen molar-refractivity contribution >= 4 is 35.7 Å². The summed E-state index contributed by atoms with van der Waals surface area (Å²) in [5.41, 5.74) is 3.65. The average Bonchev–Trinajstić information content (AvgIpc) is 2.76. The first-order valence-corrected chi connectivity index (χ1v) is 9.36. The Labute approximate surface area is 178 Å². The molecule has 0 saturated carbocycles. The van der Waals surface area contributed by atoms with Crippen molar-refractivity contribution in [3.63, 3.8) is 0 Å². The van der Waals surface area contributed by atoms with E-state index >= 15 is 0 Å². The fourth-order valence-electron chi connectivity index (χ4n) is 2.51. The van der Waals surface area contributed by atoms with E-state index in [1.807, 2.05) is 0 Å². The first kappa shape index (κ1) is 20.8. The fourth-order valence-corrected chi connectivity index (χ4v) is 2.69. The monoisotopic (exact) mass is 419 g/mol. The quantitative estimate of drug-likeness (QED) is 0.321. The Bertz CT molecular complexity index is 1110. The first-order valence-electron chi connectivity index (χ1n) is 8.98. The van der Waals surface area contributed by atoms with E-state index in [-0.39, 0.29) is 11.4 Å². The number of nitrogens with zero attached hydrogens (tertiary/aromatic N) is 1. The van der Waals surface area contributed by atoms with Crippen molar-refractivity contribution in [1.29, 1.82) is 0 Å². The van der Waals surface area contributed by atoms with Gasteiger partial charge in [-0.25, -0.2) is 5.43 Å². The molecule has 0 aliphatic carbocycles. The lowest BCUT2D eigenvalue weighted by Crippen LogP contribution is -2.32. The number of amides is 2. The van der Waals surface area contributed by atoms with E-state index in [9.17, 15) is 14.7 Å². The third kappa shape index (κ3) is 5.56. The van der Waals surface area contributed by atoms with E-state index in [0.29, 0.717) is 21.7 Å². The van der Waals surface area contributed by atoms with Crippen molar-refractivity contribution in [2.45, 2.75) is 0 Å². The second kappa shape index (κ2) is 10.0. The number of para-hydroxylation sites is 1. The molecule has 150 valence electrons. The molecule has 0 aliphatic heterocycles. The highest BCUT2D eigenvalue weighted by Gasteiger charge is 2.15. The number of carbonyl (C=O) groups excluding carboxylic acids is 2. The third-order valence-electron chi connectivity index (χ3n) is 4.04. The van der Waals surface area contributed by atoms with E-state index in [0.717, 1.165) is 0 Å². The molecule has 7 heteroatoms. The van der Waals surface area contributed by atoms with Crippen molar-refractivity contribution in [3.8, 4) is 5.75 Å². The van der Waals surface area contributed by atoms with Crippen LogP contribution >= 0.6 is 11.6 Å². The Balaban J connectivity index is 1.83. The number of halogens is 1. The highest BCUT2D eigenvalue weighted by molar-refractivity contribution is 6.33. The summed E-state index contributed by atoms with van der Waals surface area (Å²) >= 11 is 6.06. The zero-order valence-corrected chi connectivity index (χ0v) is 16.5. The fraction of sp³-hybridized carbons (Fsp3) is 0. The molecule has 3 rings (SSSR count). The Morgan fingerprint density at radius 3 is 2.20 bits per heavy atom. The van der Waals surface area contributed by atoms with Gasteiger partial charge in [0.2, 0.25) is 0 Å². The maximum atomic E-state index is 12.7. The van der Waals surface area contributed by atoms with Gasteiger partial charge in [-0.2, -0.15) is 5.10 Å². The molecular weight excluding hydrogens is 402 g/mol. The van der Waals surface area contributed by atoms with Crippen molar-refractivity contribution in [3.05, 3.63) is 106 Å². The van der Waals surface area contributed by atoms with Crippen LogP contribution in [0.3, 0.4) is 0 Å². The number of hydrogen-bond donors (Lipinski definition) is 3. The van der Waals surface area contributed by atoms with Gasteiger partial charge in [0, 0.05) is 21.7 Å². The molecule has 30 heavy (non-hydrogen) atoms. The molecule has 0 atom stereocenters. The lowest BCUT2D eigenvalue weighted by atomic mass is 10.1.